The van der Waals surface area contributed by atoms with E-state index in [1.165, 1.54) is 28.6 Å². The number of halogens is 2. The van der Waals surface area contributed by atoms with Crippen LogP contribution in [0.3, 0.4) is 0 Å². The van der Waals surface area contributed by atoms with Gasteiger partial charge in [0.15, 0.2) is 0 Å². The van der Waals surface area contributed by atoms with Gasteiger partial charge in [0.1, 0.15) is 6.04 Å². The van der Waals surface area contributed by atoms with Gasteiger partial charge in [0.25, 0.3) is 0 Å². The van der Waals surface area contributed by atoms with Gasteiger partial charge in [0.05, 0.1) is 15.6 Å². The fourth-order valence-corrected chi connectivity index (χ4v) is 5.03. The Hall–Kier alpha value is -1.60. The molecule has 0 spiro atoms. The molecular weight excluding hydrogens is 395 g/mol. The number of amides is 1. The highest BCUT2D eigenvalue weighted by atomic mass is 35.5. The van der Waals surface area contributed by atoms with Crippen molar-refractivity contribution in [2.45, 2.75) is 30.7 Å². The minimum Gasteiger partial charge on any atom is -0.323 e. The maximum Gasteiger partial charge on any atom is 0.243 e. The van der Waals surface area contributed by atoms with E-state index < -0.39 is 16.1 Å². The third kappa shape index (κ3) is 3.88. The number of rotatable bonds is 4. The van der Waals surface area contributed by atoms with Crippen molar-refractivity contribution in [1.29, 1.82) is 0 Å². The molecule has 1 atom stereocenters. The van der Waals surface area contributed by atoms with E-state index in [2.05, 4.69) is 5.32 Å². The second-order valence-corrected chi connectivity index (χ2v) is 8.93. The first kappa shape index (κ1) is 19.2. The smallest absolute Gasteiger partial charge is 0.243 e. The van der Waals surface area contributed by atoms with E-state index in [0.29, 0.717) is 35.1 Å². The van der Waals surface area contributed by atoms with Crippen molar-refractivity contribution >= 4 is 44.8 Å². The lowest BCUT2D eigenvalue weighted by Gasteiger charge is -2.23. The molecule has 26 heavy (non-hydrogen) atoms. The van der Waals surface area contributed by atoms with Crippen LogP contribution in [0, 0.1) is 6.92 Å². The number of carbonyl (C=O) groups excluding carboxylic acids is 1. The van der Waals surface area contributed by atoms with E-state index >= 15 is 0 Å². The highest BCUT2D eigenvalue weighted by Gasteiger charge is 2.39. The van der Waals surface area contributed by atoms with Crippen LogP contribution in [0.25, 0.3) is 0 Å². The van der Waals surface area contributed by atoms with Gasteiger partial charge in [-0.05, 0) is 61.7 Å². The number of sulfonamides is 1. The Balaban J connectivity index is 1.83. The number of anilines is 1. The van der Waals surface area contributed by atoms with E-state index in [1.54, 1.807) is 12.1 Å². The Bertz CT molecular complexity index is 930. The first-order valence-electron chi connectivity index (χ1n) is 8.13. The predicted octanol–water partition coefficient (Wildman–Crippen LogP) is 4.09. The summed E-state index contributed by atoms with van der Waals surface area (Å²) in [5.41, 5.74) is 1.44. The van der Waals surface area contributed by atoms with Crippen LogP contribution >= 0.6 is 23.2 Å². The summed E-state index contributed by atoms with van der Waals surface area (Å²) in [6.07, 6.45) is 1.08. The third-order valence-corrected chi connectivity index (χ3v) is 6.80. The van der Waals surface area contributed by atoms with Crippen molar-refractivity contribution in [1.82, 2.24) is 4.31 Å². The molecule has 2 aromatic rings. The molecule has 0 aromatic heterocycles. The minimum absolute atomic E-state index is 0.120. The Kier molecular flexibility index (Phi) is 5.58. The lowest BCUT2D eigenvalue weighted by atomic mass is 10.2. The van der Waals surface area contributed by atoms with Crippen LogP contribution in [-0.2, 0) is 14.8 Å². The van der Waals surface area contributed by atoms with Crippen LogP contribution in [0.1, 0.15) is 18.4 Å². The zero-order valence-corrected chi connectivity index (χ0v) is 16.4. The molecule has 0 bridgehead atoms. The molecule has 0 unspecified atom stereocenters. The fourth-order valence-electron chi connectivity index (χ4n) is 2.97. The highest BCUT2D eigenvalue weighted by Crippen LogP contribution is 2.29. The molecule has 1 amide bonds. The Labute approximate surface area is 163 Å². The molecule has 1 aliphatic rings. The molecular formula is C18H18Cl2N2O3S. The summed E-state index contributed by atoms with van der Waals surface area (Å²) >= 11 is 12.0. The molecule has 1 aliphatic heterocycles. The number of nitrogens with one attached hydrogen (secondary N) is 1. The van der Waals surface area contributed by atoms with E-state index in [0.717, 1.165) is 5.56 Å². The van der Waals surface area contributed by atoms with Gasteiger partial charge in [-0.2, -0.15) is 4.31 Å². The van der Waals surface area contributed by atoms with Crippen molar-refractivity contribution < 1.29 is 13.2 Å². The van der Waals surface area contributed by atoms with Crippen LogP contribution in [0.15, 0.2) is 47.4 Å². The van der Waals surface area contributed by atoms with Crippen molar-refractivity contribution in [2.75, 3.05) is 11.9 Å². The van der Waals surface area contributed by atoms with E-state index in [1.807, 2.05) is 13.0 Å². The van der Waals surface area contributed by atoms with Gasteiger partial charge in [-0.25, -0.2) is 8.42 Å². The minimum atomic E-state index is -3.78. The summed E-state index contributed by atoms with van der Waals surface area (Å²) in [5, 5.41) is 3.62. The Morgan fingerprint density at radius 3 is 2.50 bits per heavy atom. The zero-order chi connectivity index (χ0) is 18.9. The van der Waals surface area contributed by atoms with Crippen molar-refractivity contribution in [3.63, 3.8) is 0 Å². The van der Waals surface area contributed by atoms with Crippen LogP contribution in [-0.4, -0.2) is 31.2 Å². The summed E-state index contributed by atoms with van der Waals surface area (Å²) in [6.45, 7) is 2.19. The molecule has 1 heterocycles. The van der Waals surface area contributed by atoms with Crippen LogP contribution in [0.5, 0.6) is 0 Å². The largest absolute Gasteiger partial charge is 0.323 e. The van der Waals surface area contributed by atoms with Crippen molar-refractivity contribution in [3.05, 3.63) is 58.1 Å². The molecule has 1 fully saturated rings. The predicted molar refractivity (Wildman–Crippen MR) is 103 cm³/mol. The standard InChI is InChI=1S/C18H18Cl2N2O3S/c1-12-4-9-16(15(20)11-12)21-18(23)17-3-2-10-22(17)26(24,25)14-7-5-13(19)6-8-14/h4-9,11,17H,2-3,10H2,1H3,(H,21,23)/t17-/m0/s1. The molecule has 1 saturated heterocycles. The first-order valence-corrected chi connectivity index (χ1v) is 10.3. The summed E-state index contributed by atoms with van der Waals surface area (Å²) in [7, 11) is -3.78. The summed E-state index contributed by atoms with van der Waals surface area (Å²) in [4.78, 5) is 12.8. The number of carbonyl (C=O) groups is 1. The monoisotopic (exact) mass is 412 g/mol. The quantitative estimate of drug-likeness (QED) is 0.821. The van der Waals surface area contributed by atoms with Crippen LogP contribution < -0.4 is 5.32 Å². The third-order valence-electron chi connectivity index (χ3n) is 4.31. The second-order valence-electron chi connectivity index (χ2n) is 6.20. The summed E-state index contributed by atoms with van der Waals surface area (Å²) in [5.74, 6) is -0.384. The molecule has 0 radical (unpaired) electrons. The van der Waals surface area contributed by atoms with E-state index in [4.69, 9.17) is 23.2 Å². The molecule has 8 heteroatoms. The number of benzene rings is 2. The van der Waals surface area contributed by atoms with Crippen LogP contribution in [0.4, 0.5) is 5.69 Å². The van der Waals surface area contributed by atoms with Gasteiger partial charge < -0.3 is 5.32 Å². The topological polar surface area (TPSA) is 66.5 Å². The van der Waals surface area contributed by atoms with Gasteiger partial charge >= 0.3 is 0 Å². The Morgan fingerprint density at radius 1 is 1.15 bits per heavy atom. The van der Waals surface area contributed by atoms with Gasteiger partial charge in [0.2, 0.25) is 15.9 Å². The van der Waals surface area contributed by atoms with Gasteiger partial charge in [-0.1, -0.05) is 29.3 Å². The maximum absolute atomic E-state index is 12.9. The normalized spacial score (nSPS) is 18.0. The lowest BCUT2D eigenvalue weighted by Crippen LogP contribution is -2.43. The summed E-state index contributed by atoms with van der Waals surface area (Å²) < 4.78 is 27.0. The molecule has 5 nitrogen and oxygen atoms in total. The lowest BCUT2D eigenvalue weighted by molar-refractivity contribution is -0.119. The SMILES string of the molecule is Cc1ccc(NC(=O)[C@@H]2CCCN2S(=O)(=O)c2ccc(Cl)cc2)c(Cl)c1. The molecule has 1 N–H and O–H groups in total. The summed E-state index contributed by atoms with van der Waals surface area (Å²) in [6, 6.07) is 10.4. The van der Waals surface area contributed by atoms with E-state index in [-0.39, 0.29) is 10.8 Å². The van der Waals surface area contributed by atoms with Gasteiger partial charge in [-0.15, -0.1) is 0 Å². The molecule has 138 valence electrons. The average Bonchev–Trinajstić information content (AvgIpc) is 3.08. The maximum atomic E-state index is 12.9. The first-order chi connectivity index (χ1) is 12.3. The van der Waals surface area contributed by atoms with Gasteiger partial charge in [0, 0.05) is 11.6 Å². The second kappa shape index (κ2) is 7.56. The number of hydrogen-bond acceptors (Lipinski definition) is 3. The highest BCUT2D eigenvalue weighted by molar-refractivity contribution is 7.89. The molecule has 0 aliphatic carbocycles. The van der Waals surface area contributed by atoms with Crippen LogP contribution in [0.2, 0.25) is 10.0 Å². The number of aryl methyl sites for hydroxylation is 1. The average molecular weight is 413 g/mol. The Morgan fingerprint density at radius 2 is 1.85 bits per heavy atom. The van der Waals surface area contributed by atoms with E-state index in [9.17, 15) is 13.2 Å². The van der Waals surface area contributed by atoms with Crippen molar-refractivity contribution in [3.8, 4) is 0 Å². The zero-order valence-electron chi connectivity index (χ0n) is 14.1. The molecule has 3 rings (SSSR count). The number of nitrogens with zero attached hydrogens (tertiary/aromatic N) is 1. The van der Waals surface area contributed by atoms with Crippen molar-refractivity contribution in [2.24, 2.45) is 0 Å². The fraction of sp³-hybridized carbons (Fsp3) is 0.278. The number of hydrogen-bond donors (Lipinski definition) is 1. The molecule has 2 aromatic carbocycles. The molecule has 0 saturated carbocycles. The van der Waals surface area contributed by atoms with Gasteiger partial charge in [-0.3, -0.25) is 4.79 Å².